The predicted molar refractivity (Wildman–Crippen MR) is 162 cm³/mol. The predicted octanol–water partition coefficient (Wildman–Crippen LogP) is 6.50. The van der Waals surface area contributed by atoms with E-state index in [-0.39, 0.29) is 12.2 Å². The Bertz CT molecular complexity index is 1980. The maximum absolute atomic E-state index is 14.0. The molecule has 6 rings (SSSR count). The number of esters is 1. The normalized spacial score (nSPS) is 15.0. The van der Waals surface area contributed by atoms with Crippen molar-refractivity contribution >= 4 is 52.3 Å². The Morgan fingerprint density at radius 3 is 2.49 bits per heavy atom. The van der Waals surface area contributed by atoms with Crippen molar-refractivity contribution in [3.05, 3.63) is 143 Å². The molecule has 1 aliphatic rings. The van der Waals surface area contributed by atoms with Crippen LogP contribution in [0.2, 0.25) is 10.0 Å². The highest BCUT2D eigenvalue weighted by molar-refractivity contribution is 7.07. The fraction of sp³-hybridized carbons (Fsp3) is 0.0938. The third kappa shape index (κ3) is 5.20. The lowest BCUT2D eigenvalue weighted by Gasteiger charge is -2.25. The van der Waals surface area contributed by atoms with Gasteiger partial charge in [0.15, 0.2) is 4.80 Å². The summed E-state index contributed by atoms with van der Waals surface area (Å²) in [5.74, 6) is 0.465. The van der Waals surface area contributed by atoms with Crippen molar-refractivity contribution in [3.8, 4) is 11.3 Å². The summed E-state index contributed by atoms with van der Waals surface area (Å²) >= 11 is 13.7. The highest BCUT2D eigenvalue weighted by Gasteiger charge is 2.35. The van der Waals surface area contributed by atoms with Gasteiger partial charge >= 0.3 is 5.97 Å². The molecule has 0 aliphatic carbocycles. The Kier molecular flexibility index (Phi) is 7.49. The number of furan rings is 1. The molecule has 0 saturated carbocycles. The topological polar surface area (TPSA) is 73.8 Å². The van der Waals surface area contributed by atoms with Crippen molar-refractivity contribution < 1.29 is 13.9 Å². The van der Waals surface area contributed by atoms with Crippen molar-refractivity contribution in [1.29, 1.82) is 0 Å². The van der Waals surface area contributed by atoms with Gasteiger partial charge in [-0.25, -0.2) is 9.79 Å². The Morgan fingerprint density at radius 1 is 1.02 bits per heavy atom. The number of ether oxygens (including phenoxy) is 1. The van der Waals surface area contributed by atoms with E-state index >= 15 is 0 Å². The first-order valence-corrected chi connectivity index (χ1v) is 14.4. The second-order valence-electron chi connectivity index (χ2n) is 9.17. The molecule has 0 saturated heterocycles. The van der Waals surface area contributed by atoms with E-state index in [1.165, 1.54) is 11.3 Å². The minimum absolute atomic E-state index is 0.188. The lowest BCUT2D eigenvalue weighted by molar-refractivity contribution is -0.138. The number of aromatic nitrogens is 1. The van der Waals surface area contributed by atoms with Gasteiger partial charge in [-0.3, -0.25) is 9.36 Å². The standard InChI is InChI=1S/C32H22Cl2N2O4S/c1-2-39-31(38)27-28(19-9-5-3-6-10-19)35-32-36(29(27)20-11-7-4-8-12-20)30(37)26(41-32)18-22-14-16-25(40-22)23-17-21(33)13-15-24(23)34/h3-18,29H,2H2,1H3/b26-18-/t29-/m1/s1. The average Bonchev–Trinajstić information content (AvgIpc) is 3.58. The quantitative estimate of drug-likeness (QED) is 0.208. The fourth-order valence-corrected chi connectivity index (χ4v) is 6.15. The molecule has 1 aliphatic heterocycles. The van der Waals surface area contributed by atoms with E-state index in [0.29, 0.717) is 47.7 Å². The van der Waals surface area contributed by atoms with E-state index in [2.05, 4.69) is 0 Å². The first-order valence-electron chi connectivity index (χ1n) is 12.8. The van der Waals surface area contributed by atoms with Gasteiger partial charge in [0, 0.05) is 22.2 Å². The van der Waals surface area contributed by atoms with Crippen LogP contribution in [0.25, 0.3) is 23.1 Å². The minimum Gasteiger partial charge on any atom is -0.463 e. The highest BCUT2D eigenvalue weighted by atomic mass is 35.5. The monoisotopic (exact) mass is 600 g/mol. The summed E-state index contributed by atoms with van der Waals surface area (Å²) < 4.78 is 13.5. The van der Waals surface area contributed by atoms with Gasteiger partial charge in [0.05, 0.1) is 33.5 Å². The summed E-state index contributed by atoms with van der Waals surface area (Å²) in [5, 5.41) is 1.03. The van der Waals surface area contributed by atoms with E-state index < -0.39 is 12.0 Å². The van der Waals surface area contributed by atoms with Gasteiger partial charge in [-0.1, -0.05) is 95.2 Å². The molecule has 3 heterocycles. The highest BCUT2D eigenvalue weighted by Crippen LogP contribution is 2.35. The number of hydrogen-bond donors (Lipinski definition) is 0. The molecule has 204 valence electrons. The molecule has 0 fully saturated rings. The van der Waals surface area contributed by atoms with Gasteiger partial charge in [-0.2, -0.15) is 0 Å². The molecule has 0 amide bonds. The van der Waals surface area contributed by atoms with Crippen molar-refractivity contribution in [2.24, 2.45) is 4.99 Å². The zero-order valence-corrected chi connectivity index (χ0v) is 24.0. The van der Waals surface area contributed by atoms with Crippen LogP contribution < -0.4 is 14.9 Å². The van der Waals surface area contributed by atoms with E-state index in [4.69, 9.17) is 37.3 Å². The molecule has 0 N–H and O–H groups in total. The third-order valence-electron chi connectivity index (χ3n) is 6.58. The van der Waals surface area contributed by atoms with Crippen LogP contribution in [0.1, 0.15) is 29.9 Å². The number of thiazole rings is 1. The van der Waals surface area contributed by atoms with Crippen LogP contribution in [0.4, 0.5) is 0 Å². The SMILES string of the molecule is CCOC(=O)C1=C(c2ccccc2)N=c2s/c(=C\c3ccc(-c4cc(Cl)ccc4Cl)o3)c(=O)n2[C@@H]1c1ccccc1. The largest absolute Gasteiger partial charge is 0.463 e. The Balaban J connectivity index is 1.55. The second kappa shape index (κ2) is 11.4. The molecule has 41 heavy (non-hydrogen) atoms. The number of halogens is 2. The maximum Gasteiger partial charge on any atom is 0.338 e. The van der Waals surface area contributed by atoms with Gasteiger partial charge in [-0.05, 0) is 42.8 Å². The number of nitrogens with zero attached hydrogens (tertiary/aromatic N) is 2. The summed E-state index contributed by atoms with van der Waals surface area (Å²) in [4.78, 5) is 32.8. The summed E-state index contributed by atoms with van der Waals surface area (Å²) in [6.45, 7) is 1.94. The van der Waals surface area contributed by atoms with Gasteiger partial charge in [0.1, 0.15) is 11.5 Å². The molecule has 0 unspecified atom stereocenters. The minimum atomic E-state index is -0.735. The van der Waals surface area contributed by atoms with E-state index in [1.807, 2.05) is 60.7 Å². The molecular weight excluding hydrogens is 579 g/mol. The smallest absolute Gasteiger partial charge is 0.338 e. The number of carbonyl (C=O) groups excluding carboxylic acids is 1. The van der Waals surface area contributed by atoms with Crippen molar-refractivity contribution in [2.45, 2.75) is 13.0 Å². The molecule has 9 heteroatoms. The molecule has 1 atom stereocenters. The van der Waals surface area contributed by atoms with E-state index in [0.717, 1.165) is 11.1 Å². The summed E-state index contributed by atoms with van der Waals surface area (Å²) in [6, 6.07) is 26.8. The Labute approximate surface area is 249 Å². The molecular formula is C32H22Cl2N2O4S. The van der Waals surface area contributed by atoms with Gasteiger partial charge in [0.2, 0.25) is 0 Å². The first kappa shape index (κ1) is 27.0. The third-order valence-corrected chi connectivity index (χ3v) is 8.13. The average molecular weight is 602 g/mol. The van der Waals surface area contributed by atoms with Crippen LogP contribution in [0, 0.1) is 0 Å². The van der Waals surface area contributed by atoms with E-state index in [9.17, 15) is 9.59 Å². The van der Waals surface area contributed by atoms with Crippen molar-refractivity contribution in [3.63, 3.8) is 0 Å². The van der Waals surface area contributed by atoms with Crippen LogP contribution in [0.15, 0.2) is 111 Å². The molecule has 6 nitrogen and oxygen atoms in total. The Morgan fingerprint density at radius 2 is 1.76 bits per heavy atom. The van der Waals surface area contributed by atoms with Gasteiger partial charge in [-0.15, -0.1) is 0 Å². The number of benzene rings is 3. The lowest BCUT2D eigenvalue weighted by Crippen LogP contribution is -2.39. The molecule has 3 aromatic carbocycles. The fourth-order valence-electron chi connectivity index (χ4n) is 4.78. The number of rotatable bonds is 6. The maximum atomic E-state index is 14.0. The molecule has 0 radical (unpaired) electrons. The van der Waals surface area contributed by atoms with Crippen LogP contribution in [-0.2, 0) is 9.53 Å². The number of fused-ring (bicyclic) bond motifs is 1. The summed E-state index contributed by atoms with van der Waals surface area (Å²) in [5.41, 5.74) is 2.65. The Hall–Kier alpha value is -4.17. The molecule has 2 aromatic heterocycles. The molecule has 5 aromatic rings. The van der Waals surface area contributed by atoms with Crippen LogP contribution in [0.3, 0.4) is 0 Å². The van der Waals surface area contributed by atoms with Gasteiger partial charge in [0.25, 0.3) is 5.56 Å². The first-order chi connectivity index (χ1) is 19.9. The molecule has 0 bridgehead atoms. The summed E-state index contributed by atoms with van der Waals surface area (Å²) in [6.07, 6.45) is 1.67. The van der Waals surface area contributed by atoms with Crippen LogP contribution in [-0.4, -0.2) is 17.1 Å². The zero-order chi connectivity index (χ0) is 28.5. The van der Waals surface area contributed by atoms with E-state index in [1.54, 1.807) is 47.9 Å². The zero-order valence-electron chi connectivity index (χ0n) is 21.7. The molecule has 0 spiro atoms. The second-order valence-corrected chi connectivity index (χ2v) is 11.0. The van der Waals surface area contributed by atoms with Crippen molar-refractivity contribution in [1.82, 2.24) is 4.57 Å². The van der Waals surface area contributed by atoms with Gasteiger partial charge < -0.3 is 9.15 Å². The number of carbonyl (C=O) groups is 1. The lowest BCUT2D eigenvalue weighted by atomic mass is 9.93. The summed E-state index contributed by atoms with van der Waals surface area (Å²) in [7, 11) is 0. The van der Waals surface area contributed by atoms with Crippen LogP contribution >= 0.6 is 34.5 Å². The number of hydrogen-bond acceptors (Lipinski definition) is 6. The van der Waals surface area contributed by atoms with Crippen LogP contribution in [0.5, 0.6) is 0 Å². The van der Waals surface area contributed by atoms with Crippen molar-refractivity contribution in [2.75, 3.05) is 6.61 Å².